The highest BCUT2D eigenvalue weighted by Gasteiger charge is 2.24. The molecule has 0 aromatic heterocycles. The van der Waals surface area contributed by atoms with Crippen LogP contribution in [0.1, 0.15) is 5.56 Å². The molecule has 1 aliphatic heterocycles. The van der Waals surface area contributed by atoms with Crippen molar-refractivity contribution in [3.05, 3.63) is 104 Å². The highest BCUT2D eigenvalue weighted by Crippen LogP contribution is 2.27. The number of carbonyl (C=O) groups is 2. The second-order valence-electron chi connectivity index (χ2n) is 8.21. The Morgan fingerprint density at radius 2 is 1.24 bits per heavy atom. The number of morpholine rings is 1. The molecular formula is C26H23N5O7. The average molecular weight is 517 g/mol. The molecule has 1 aliphatic rings. The third-order valence-corrected chi connectivity index (χ3v) is 5.77. The Bertz CT molecular complexity index is 1330. The van der Waals surface area contributed by atoms with Crippen molar-refractivity contribution in [1.82, 2.24) is 0 Å². The second kappa shape index (κ2) is 11.8. The van der Waals surface area contributed by atoms with Crippen molar-refractivity contribution in [3.63, 3.8) is 0 Å². The Hall–Kier alpha value is -5.10. The number of hydrogen-bond acceptors (Lipinski definition) is 8. The lowest BCUT2D eigenvalue weighted by atomic mass is 10.1. The summed E-state index contributed by atoms with van der Waals surface area (Å²) in [6, 6.07) is 18.1. The number of nitrogens with one attached hydrogen (secondary N) is 2. The Morgan fingerprint density at radius 1 is 0.763 bits per heavy atom. The number of nitro groups is 2. The summed E-state index contributed by atoms with van der Waals surface area (Å²) in [7, 11) is 0. The Morgan fingerprint density at radius 3 is 1.71 bits per heavy atom. The number of nitrogens with zero attached hydrogens (tertiary/aromatic N) is 3. The van der Waals surface area contributed by atoms with Gasteiger partial charge in [0.15, 0.2) is 0 Å². The highest BCUT2D eigenvalue weighted by molar-refractivity contribution is 6.29. The van der Waals surface area contributed by atoms with Crippen LogP contribution in [0, 0.1) is 20.2 Å². The van der Waals surface area contributed by atoms with Gasteiger partial charge in [-0.05, 0) is 35.9 Å². The van der Waals surface area contributed by atoms with Gasteiger partial charge in [-0.15, -0.1) is 0 Å². The van der Waals surface area contributed by atoms with Gasteiger partial charge in [0.25, 0.3) is 23.2 Å². The van der Waals surface area contributed by atoms with E-state index in [1.54, 1.807) is 12.1 Å². The number of para-hydroxylation sites is 4. The van der Waals surface area contributed by atoms with Crippen LogP contribution < -0.4 is 15.5 Å². The van der Waals surface area contributed by atoms with Crippen molar-refractivity contribution < 1.29 is 24.2 Å². The van der Waals surface area contributed by atoms with E-state index in [4.69, 9.17) is 4.74 Å². The molecule has 0 aliphatic carbocycles. The van der Waals surface area contributed by atoms with Crippen LogP contribution in [-0.4, -0.2) is 48.0 Å². The van der Waals surface area contributed by atoms with E-state index in [-0.39, 0.29) is 22.7 Å². The number of amides is 2. The van der Waals surface area contributed by atoms with Gasteiger partial charge >= 0.3 is 0 Å². The van der Waals surface area contributed by atoms with E-state index in [0.717, 1.165) is 18.8 Å². The van der Waals surface area contributed by atoms with Crippen molar-refractivity contribution in [2.45, 2.75) is 0 Å². The lowest BCUT2D eigenvalue weighted by Gasteiger charge is -2.28. The molecule has 4 rings (SSSR count). The van der Waals surface area contributed by atoms with Gasteiger partial charge in [-0.2, -0.15) is 0 Å². The molecule has 1 heterocycles. The SMILES string of the molecule is O=C(Nc1ccccc1[N+](=O)[O-])C(=Cc1ccc(N2CCOCC2)cc1)C(=O)Nc1ccccc1[N+](=O)[O-]. The minimum Gasteiger partial charge on any atom is -0.378 e. The molecule has 0 spiro atoms. The zero-order valence-electron chi connectivity index (χ0n) is 20.0. The molecule has 3 aromatic rings. The molecule has 1 saturated heterocycles. The molecule has 0 atom stereocenters. The van der Waals surface area contributed by atoms with Crippen molar-refractivity contribution in [2.75, 3.05) is 41.8 Å². The summed E-state index contributed by atoms with van der Waals surface area (Å²) in [5, 5.41) is 27.6. The molecule has 0 unspecified atom stereocenters. The molecule has 194 valence electrons. The van der Waals surface area contributed by atoms with E-state index in [1.165, 1.54) is 54.6 Å². The maximum atomic E-state index is 13.2. The van der Waals surface area contributed by atoms with Gasteiger partial charge < -0.3 is 20.3 Å². The first-order valence-electron chi connectivity index (χ1n) is 11.6. The zero-order chi connectivity index (χ0) is 27.1. The summed E-state index contributed by atoms with van der Waals surface area (Å²) in [5.41, 5.74) is 0.140. The molecule has 2 amide bonds. The van der Waals surface area contributed by atoms with Gasteiger partial charge in [-0.1, -0.05) is 36.4 Å². The number of carbonyl (C=O) groups excluding carboxylic acids is 2. The topological polar surface area (TPSA) is 157 Å². The standard InChI is InChI=1S/C26H23N5O7/c32-25(27-21-5-1-3-7-23(21)30(34)35)20(26(33)28-22-6-2-4-8-24(22)31(36)37)17-18-9-11-19(12-10-18)29-13-15-38-16-14-29/h1-12,17H,13-16H2,(H,27,32)(H,28,33). The molecule has 12 nitrogen and oxygen atoms in total. The summed E-state index contributed by atoms with van der Waals surface area (Å²) in [6.07, 6.45) is 1.32. The van der Waals surface area contributed by atoms with Gasteiger partial charge in [0.2, 0.25) is 0 Å². The van der Waals surface area contributed by atoms with E-state index >= 15 is 0 Å². The van der Waals surface area contributed by atoms with Gasteiger partial charge in [0.1, 0.15) is 16.9 Å². The second-order valence-corrected chi connectivity index (χ2v) is 8.21. The van der Waals surface area contributed by atoms with Crippen LogP contribution >= 0.6 is 0 Å². The van der Waals surface area contributed by atoms with E-state index in [9.17, 15) is 29.8 Å². The monoisotopic (exact) mass is 517 g/mol. The first-order valence-corrected chi connectivity index (χ1v) is 11.6. The number of benzene rings is 3. The molecule has 0 saturated carbocycles. The van der Waals surface area contributed by atoms with Crippen LogP contribution in [-0.2, 0) is 14.3 Å². The van der Waals surface area contributed by atoms with Crippen LogP contribution in [0.2, 0.25) is 0 Å². The summed E-state index contributed by atoms with van der Waals surface area (Å²) in [6.45, 7) is 2.70. The number of anilines is 3. The first-order chi connectivity index (χ1) is 18.3. The fourth-order valence-electron chi connectivity index (χ4n) is 3.86. The number of nitro benzene ring substituents is 2. The molecule has 12 heteroatoms. The quantitative estimate of drug-likeness (QED) is 0.149. The van der Waals surface area contributed by atoms with Crippen LogP contribution in [0.25, 0.3) is 6.08 Å². The Labute approximate surface area is 216 Å². The van der Waals surface area contributed by atoms with Crippen LogP contribution in [0.4, 0.5) is 28.4 Å². The Kier molecular flexibility index (Phi) is 8.04. The third-order valence-electron chi connectivity index (χ3n) is 5.77. The van der Waals surface area contributed by atoms with Crippen molar-refractivity contribution in [3.8, 4) is 0 Å². The lowest BCUT2D eigenvalue weighted by Crippen LogP contribution is -2.36. The molecule has 3 aromatic carbocycles. The molecule has 2 N–H and O–H groups in total. The molecule has 1 fully saturated rings. The average Bonchev–Trinajstić information content (AvgIpc) is 2.92. The van der Waals surface area contributed by atoms with Gasteiger partial charge in [-0.25, -0.2) is 0 Å². The predicted molar refractivity (Wildman–Crippen MR) is 141 cm³/mol. The normalized spacial score (nSPS) is 12.8. The minimum absolute atomic E-state index is 0.102. The summed E-state index contributed by atoms with van der Waals surface area (Å²) >= 11 is 0. The first kappa shape index (κ1) is 26.0. The van der Waals surface area contributed by atoms with Crippen LogP contribution in [0.3, 0.4) is 0 Å². The van der Waals surface area contributed by atoms with E-state index in [1.807, 2.05) is 12.1 Å². The highest BCUT2D eigenvalue weighted by atomic mass is 16.6. The molecular weight excluding hydrogens is 494 g/mol. The minimum atomic E-state index is -0.923. The van der Waals surface area contributed by atoms with Gasteiger partial charge in [0.05, 0.1) is 23.1 Å². The van der Waals surface area contributed by atoms with Gasteiger partial charge in [0, 0.05) is 30.9 Å². The fraction of sp³-hybridized carbons (Fsp3) is 0.154. The number of ether oxygens (including phenoxy) is 1. The van der Waals surface area contributed by atoms with Gasteiger partial charge in [-0.3, -0.25) is 29.8 Å². The van der Waals surface area contributed by atoms with E-state index in [0.29, 0.717) is 18.8 Å². The Balaban J connectivity index is 1.66. The maximum Gasteiger partial charge on any atom is 0.292 e. The van der Waals surface area contributed by atoms with Crippen molar-refractivity contribution in [2.24, 2.45) is 0 Å². The summed E-state index contributed by atoms with van der Waals surface area (Å²) in [5.74, 6) is -1.85. The zero-order valence-corrected chi connectivity index (χ0v) is 20.0. The molecule has 38 heavy (non-hydrogen) atoms. The van der Waals surface area contributed by atoms with Crippen LogP contribution in [0.5, 0.6) is 0 Å². The summed E-state index contributed by atoms with van der Waals surface area (Å²) in [4.78, 5) is 50.1. The molecule has 0 bridgehead atoms. The smallest absolute Gasteiger partial charge is 0.292 e. The summed E-state index contributed by atoms with van der Waals surface area (Å²) < 4.78 is 5.37. The third kappa shape index (κ3) is 6.17. The predicted octanol–water partition coefficient (Wildman–Crippen LogP) is 4.00. The number of rotatable bonds is 8. The van der Waals surface area contributed by atoms with E-state index < -0.39 is 27.2 Å². The van der Waals surface area contributed by atoms with Crippen molar-refractivity contribution >= 4 is 46.3 Å². The maximum absolute atomic E-state index is 13.2. The number of hydrogen-bond donors (Lipinski definition) is 2. The largest absolute Gasteiger partial charge is 0.378 e. The van der Waals surface area contributed by atoms with E-state index in [2.05, 4.69) is 15.5 Å². The van der Waals surface area contributed by atoms with Crippen molar-refractivity contribution in [1.29, 1.82) is 0 Å². The fourth-order valence-corrected chi connectivity index (χ4v) is 3.86. The lowest BCUT2D eigenvalue weighted by molar-refractivity contribution is -0.384. The molecule has 0 radical (unpaired) electrons. The van der Waals surface area contributed by atoms with Crippen LogP contribution in [0.15, 0.2) is 78.4 Å².